The maximum Gasteiger partial charge on any atom is 0.260 e. The van der Waals surface area contributed by atoms with Crippen molar-refractivity contribution in [3.05, 3.63) is 45.1 Å². The number of H-pyrrole nitrogens is 1. The number of hydrogen-bond donors (Lipinski definition) is 3. The molecular weight excluding hydrogens is 432 g/mol. The number of thioether (sulfide) groups is 1. The van der Waals surface area contributed by atoms with E-state index in [-0.39, 0.29) is 22.1 Å². The third-order valence-electron chi connectivity index (χ3n) is 4.61. The van der Waals surface area contributed by atoms with Crippen molar-refractivity contribution < 1.29 is 13.2 Å². The van der Waals surface area contributed by atoms with E-state index in [1.54, 1.807) is 11.3 Å². The number of fused-ring (bicyclic) bond motifs is 3. The molecule has 1 aliphatic rings. The summed E-state index contributed by atoms with van der Waals surface area (Å²) in [5.41, 5.74) is 1.42. The fourth-order valence-corrected chi connectivity index (χ4v) is 5.77. The number of nitrogens with zero attached hydrogens (tertiary/aromatic N) is 1. The van der Waals surface area contributed by atoms with Crippen LogP contribution < -0.4 is 16.0 Å². The molecule has 8 nitrogen and oxygen atoms in total. The second-order valence-electron chi connectivity index (χ2n) is 6.67. The standard InChI is InChI=1S/C18H18N4O4S3/c19-29(25,26)11-7-5-10(6-8-11)20-14(23)9-27-18-21-16(24)15-12-3-1-2-4-13(12)28-17(15)22-18/h5-8H,1-4,9H2,(H,20,23)(H2,19,25,26)(H,21,22,24). The molecule has 1 amide bonds. The zero-order valence-electron chi connectivity index (χ0n) is 15.2. The van der Waals surface area contributed by atoms with Gasteiger partial charge in [-0.1, -0.05) is 11.8 Å². The van der Waals surface area contributed by atoms with E-state index in [1.807, 2.05) is 0 Å². The third kappa shape index (κ3) is 4.37. The summed E-state index contributed by atoms with van der Waals surface area (Å²) in [5.74, 6) is -0.247. The van der Waals surface area contributed by atoms with E-state index >= 15 is 0 Å². The molecule has 2 aromatic heterocycles. The molecule has 0 saturated carbocycles. The summed E-state index contributed by atoms with van der Waals surface area (Å²) in [6, 6.07) is 5.57. The molecule has 0 saturated heterocycles. The van der Waals surface area contributed by atoms with E-state index in [0.29, 0.717) is 16.2 Å². The van der Waals surface area contributed by atoms with Crippen molar-refractivity contribution in [1.82, 2.24) is 9.97 Å². The van der Waals surface area contributed by atoms with Gasteiger partial charge in [0, 0.05) is 10.6 Å². The predicted molar refractivity (Wildman–Crippen MR) is 114 cm³/mol. The Morgan fingerprint density at radius 1 is 1.24 bits per heavy atom. The van der Waals surface area contributed by atoms with Crippen LogP contribution in [0.2, 0.25) is 0 Å². The van der Waals surface area contributed by atoms with Gasteiger partial charge in [-0.2, -0.15) is 0 Å². The first kappa shape index (κ1) is 20.1. The lowest BCUT2D eigenvalue weighted by molar-refractivity contribution is -0.113. The summed E-state index contributed by atoms with van der Waals surface area (Å²) in [7, 11) is -3.78. The molecule has 0 fully saturated rings. The van der Waals surface area contributed by atoms with Crippen molar-refractivity contribution in [2.24, 2.45) is 5.14 Å². The Hall–Kier alpha value is -2.21. The highest BCUT2D eigenvalue weighted by molar-refractivity contribution is 7.99. The van der Waals surface area contributed by atoms with Crippen molar-refractivity contribution >= 4 is 54.9 Å². The fraction of sp³-hybridized carbons (Fsp3) is 0.278. The van der Waals surface area contributed by atoms with Gasteiger partial charge in [-0.25, -0.2) is 18.5 Å². The number of carbonyl (C=O) groups excluding carboxylic acids is 1. The molecule has 4 rings (SSSR count). The molecule has 0 radical (unpaired) electrons. The monoisotopic (exact) mass is 450 g/mol. The van der Waals surface area contributed by atoms with Crippen LogP contribution in [0.1, 0.15) is 23.3 Å². The van der Waals surface area contributed by atoms with Crippen molar-refractivity contribution in [2.75, 3.05) is 11.1 Å². The quantitative estimate of drug-likeness (QED) is 0.403. The Morgan fingerprint density at radius 3 is 2.69 bits per heavy atom. The Kier molecular flexibility index (Phi) is 5.47. The maximum atomic E-state index is 12.5. The number of sulfonamides is 1. The number of aryl methyl sites for hydroxylation is 2. The van der Waals surface area contributed by atoms with Gasteiger partial charge in [0.25, 0.3) is 5.56 Å². The molecule has 0 aliphatic heterocycles. The number of rotatable bonds is 5. The number of hydrogen-bond acceptors (Lipinski definition) is 7. The van der Waals surface area contributed by atoms with E-state index in [4.69, 9.17) is 5.14 Å². The highest BCUT2D eigenvalue weighted by Gasteiger charge is 2.20. The van der Waals surface area contributed by atoms with Crippen molar-refractivity contribution in [2.45, 2.75) is 35.7 Å². The third-order valence-corrected chi connectivity index (χ3v) is 7.60. The van der Waals surface area contributed by atoms with Crippen LogP contribution in [0.3, 0.4) is 0 Å². The van der Waals surface area contributed by atoms with Crippen LogP contribution in [0.15, 0.2) is 39.1 Å². The van der Waals surface area contributed by atoms with Gasteiger partial charge in [0.05, 0.1) is 16.0 Å². The van der Waals surface area contributed by atoms with Gasteiger partial charge in [0.15, 0.2) is 5.16 Å². The number of aromatic nitrogens is 2. The molecule has 0 atom stereocenters. The van der Waals surface area contributed by atoms with Crippen molar-refractivity contribution in [1.29, 1.82) is 0 Å². The molecule has 0 bridgehead atoms. The zero-order chi connectivity index (χ0) is 20.6. The smallest absolute Gasteiger partial charge is 0.260 e. The summed E-state index contributed by atoms with van der Waals surface area (Å²) in [5, 5.41) is 8.81. The van der Waals surface area contributed by atoms with Gasteiger partial charge < -0.3 is 10.3 Å². The van der Waals surface area contributed by atoms with E-state index in [1.165, 1.54) is 29.1 Å². The molecule has 1 aromatic carbocycles. The van der Waals surface area contributed by atoms with Gasteiger partial charge in [0.2, 0.25) is 15.9 Å². The number of benzene rings is 1. The van der Waals surface area contributed by atoms with Crippen LogP contribution in [0.5, 0.6) is 0 Å². The van der Waals surface area contributed by atoms with E-state index in [9.17, 15) is 18.0 Å². The lowest BCUT2D eigenvalue weighted by Gasteiger charge is -2.09. The van der Waals surface area contributed by atoms with Crippen LogP contribution in [0.4, 0.5) is 5.69 Å². The molecule has 0 unspecified atom stereocenters. The van der Waals surface area contributed by atoms with Gasteiger partial charge in [0.1, 0.15) is 4.83 Å². The van der Waals surface area contributed by atoms with Gasteiger partial charge in [-0.3, -0.25) is 9.59 Å². The number of aromatic amines is 1. The summed E-state index contributed by atoms with van der Waals surface area (Å²) in [6.07, 6.45) is 4.13. The maximum absolute atomic E-state index is 12.5. The van der Waals surface area contributed by atoms with Crippen LogP contribution in [-0.2, 0) is 27.7 Å². The molecule has 3 aromatic rings. The van der Waals surface area contributed by atoms with Gasteiger partial charge in [-0.15, -0.1) is 11.3 Å². The minimum absolute atomic E-state index is 0.0291. The highest BCUT2D eigenvalue weighted by atomic mass is 32.2. The minimum Gasteiger partial charge on any atom is -0.325 e. The average Bonchev–Trinajstić information content (AvgIpc) is 3.05. The lowest BCUT2D eigenvalue weighted by atomic mass is 9.97. The molecule has 152 valence electrons. The SMILES string of the molecule is NS(=O)(=O)c1ccc(NC(=O)CSc2nc3sc4c(c3c(=O)[nH]2)CCCC4)cc1. The van der Waals surface area contributed by atoms with Crippen LogP contribution in [0, 0.1) is 0 Å². The Labute approximate surface area is 175 Å². The van der Waals surface area contributed by atoms with E-state index < -0.39 is 10.0 Å². The Balaban J connectivity index is 1.44. The number of carbonyl (C=O) groups is 1. The summed E-state index contributed by atoms with van der Waals surface area (Å²) < 4.78 is 22.5. The number of nitrogens with two attached hydrogens (primary N) is 1. The summed E-state index contributed by atoms with van der Waals surface area (Å²) in [6.45, 7) is 0. The number of nitrogens with one attached hydrogen (secondary N) is 2. The van der Waals surface area contributed by atoms with E-state index in [2.05, 4.69) is 15.3 Å². The largest absolute Gasteiger partial charge is 0.325 e. The summed E-state index contributed by atoms with van der Waals surface area (Å²) >= 11 is 2.71. The molecular formula is C18H18N4O4S3. The molecule has 11 heteroatoms. The van der Waals surface area contributed by atoms with E-state index in [0.717, 1.165) is 47.8 Å². The van der Waals surface area contributed by atoms with Crippen LogP contribution >= 0.6 is 23.1 Å². The minimum atomic E-state index is -3.78. The topological polar surface area (TPSA) is 135 Å². The molecule has 2 heterocycles. The molecule has 0 spiro atoms. The first-order valence-corrected chi connectivity index (χ1v) is 12.3. The molecule has 4 N–H and O–H groups in total. The predicted octanol–water partition coefficient (Wildman–Crippen LogP) is 2.24. The van der Waals surface area contributed by atoms with Crippen molar-refractivity contribution in [3.63, 3.8) is 0 Å². The highest BCUT2D eigenvalue weighted by Crippen LogP contribution is 2.34. The first-order valence-electron chi connectivity index (χ1n) is 8.91. The average molecular weight is 451 g/mol. The first-order chi connectivity index (χ1) is 13.8. The fourth-order valence-electron chi connectivity index (χ4n) is 3.27. The second kappa shape index (κ2) is 7.90. The molecule has 1 aliphatic carbocycles. The lowest BCUT2D eigenvalue weighted by Crippen LogP contribution is -2.16. The number of amides is 1. The number of primary sulfonamides is 1. The second-order valence-corrected chi connectivity index (χ2v) is 10.3. The van der Waals surface area contributed by atoms with Gasteiger partial charge >= 0.3 is 0 Å². The zero-order valence-corrected chi connectivity index (χ0v) is 17.7. The van der Waals surface area contributed by atoms with Gasteiger partial charge in [-0.05, 0) is 55.5 Å². The normalized spacial score (nSPS) is 14.0. The van der Waals surface area contributed by atoms with Crippen LogP contribution in [0.25, 0.3) is 10.2 Å². The van der Waals surface area contributed by atoms with Crippen LogP contribution in [-0.4, -0.2) is 30.0 Å². The summed E-state index contributed by atoms with van der Waals surface area (Å²) in [4.78, 5) is 33.9. The number of anilines is 1. The number of thiophene rings is 1. The van der Waals surface area contributed by atoms with Crippen molar-refractivity contribution in [3.8, 4) is 0 Å². The Bertz CT molecular complexity index is 1250. The Morgan fingerprint density at radius 2 is 1.97 bits per heavy atom. The molecule has 29 heavy (non-hydrogen) atoms.